The van der Waals surface area contributed by atoms with Gasteiger partial charge in [-0.15, -0.1) is 13.2 Å². The van der Waals surface area contributed by atoms with Crippen LogP contribution in [-0.2, 0) is 0 Å². The van der Waals surface area contributed by atoms with Crippen LogP contribution in [0.15, 0.2) is 12.1 Å². The molecule has 80 valence electrons. The lowest BCUT2D eigenvalue weighted by Gasteiger charge is -2.10. The van der Waals surface area contributed by atoms with Crippen LogP contribution in [0.25, 0.3) is 0 Å². The molecule has 15 heavy (non-hydrogen) atoms. The normalized spacial score (nSPS) is 10.9. The number of nitrogens with zero attached hydrogens (tertiary/aromatic N) is 1. The van der Waals surface area contributed by atoms with Crippen molar-refractivity contribution in [3.63, 3.8) is 0 Å². The number of nitriles is 1. The zero-order valence-electron chi connectivity index (χ0n) is 6.90. The zero-order chi connectivity index (χ0) is 11.6. The Balaban J connectivity index is 3.28. The van der Waals surface area contributed by atoms with Gasteiger partial charge in [0.1, 0.15) is 17.4 Å². The van der Waals surface area contributed by atoms with Crippen LogP contribution in [0.1, 0.15) is 5.56 Å². The number of alkyl halides is 3. The Labute approximate surface area is 80.5 Å². The number of hydrogen-bond donors (Lipinski definition) is 0. The Hall–Kier alpha value is -1.84. The number of hydrogen-bond acceptors (Lipinski definition) is 2. The van der Waals surface area contributed by atoms with Crippen molar-refractivity contribution in [3.05, 3.63) is 29.3 Å². The molecule has 0 aliphatic rings. The van der Waals surface area contributed by atoms with Crippen LogP contribution in [0, 0.1) is 23.0 Å². The molecule has 0 saturated carbocycles. The van der Waals surface area contributed by atoms with Gasteiger partial charge in [-0.05, 0) is 12.1 Å². The van der Waals surface area contributed by atoms with Crippen LogP contribution in [0.4, 0.5) is 22.0 Å². The van der Waals surface area contributed by atoms with E-state index in [-0.39, 0.29) is 0 Å². The standard InChI is InChI=1S/C8H2F5NO/c9-5-1-2-6(10)7(4(5)3-14)15-8(11,12)13/h1-2H. The van der Waals surface area contributed by atoms with E-state index in [0.29, 0.717) is 12.1 Å². The second-order valence-electron chi connectivity index (χ2n) is 2.39. The summed E-state index contributed by atoms with van der Waals surface area (Å²) in [6, 6.07) is 2.07. The Bertz CT molecular complexity index is 420. The first-order chi connectivity index (χ1) is 6.85. The fourth-order valence-corrected chi connectivity index (χ4v) is 0.853. The van der Waals surface area contributed by atoms with Crippen LogP contribution in [0.2, 0.25) is 0 Å². The van der Waals surface area contributed by atoms with Gasteiger partial charge in [0.25, 0.3) is 0 Å². The minimum Gasteiger partial charge on any atom is -0.401 e. The molecule has 0 aliphatic heterocycles. The SMILES string of the molecule is N#Cc1c(F)ccc(F)c1OC(F)(F)F. The predicted octanol–water partition coefficient (Wildman–Crippen LogP) is 2.74. The molecule has 0 saturated heterocycles. The van der Waals surface area contributed by atoms with Gasteiger partial charge in [-0.1, -0.05) is 0 Å². The summed E-state index contributed by atoms with van der Waals surface area (Å²) in [5, 5.41) is 8.32. The quantitative estimate of drug-likeness (QED) is 0.685. The van der Waals surface area contributed by atoms with Crippen molar-refractivity contribution in [2.75, 3.05) is 0 Å². The Morgan fingerprint density at radius 2 is 1.67 bits per heavy atom. The molecule has 0 atom stereocenters. The molecule has 0 heterocycles. The van der Waals surface area contributed by atoms with Gasteiger partial charge in [-0.25, -0.2) is 8.78 Å². The predicted molar refractivity (Wildman–Crippen MR) is 37.8 cm³/mol. The number of halogens is 5. The van der Waals surface area contributed by atoms with Gasteiger partial charge in [0.05, 0.1) is 0 Å². The van der Waals surface area contributed by atoms with Gasteiger partial charge in [0.15, 0.2) is 11.6 Å². The first-order valence-electron chi connectivity index (χ1n) is 3.49. The highest BCUT2D eigenvalue weighted by atomic mass is 19.4. The van der Waals surface area contributed by atoms with Crippen molar-refractivity contribution in [1.82, 2.24) is 0 Å². The molecule has 0 aliphatic carbocycles. The lowest BCUT2D eigenvalue weighted by molar-refractivity contribution is -0.275. The molecular formula is C8H2F5NO. The van der Waals surface area contributed by atoms with Gasteiger partial charge >= 0.3 is 6.36 Å². The molecule has 0 aromatic heterocycles. The summed E-state index contributed by atoms with van der Waals surface area (Å²) in [6.07, 6.45) is -5.18. The van der Waals surface area contributed by atoms with Crippen LogP contribution in [-0.4, -0.2) is 6.36 Å². The molecule has 1 aromatic carbocycles. The van der Waals surface area contributed by atoms with Crippen molar-refractivity contribution >= 4 is 0 Å². The highest BCUT2D eigenvalue weighted by Crippen LogP contribution is 2.30. The number of rotatable bonds is 1. The van der Waals surface area contributed by atoms with E-state index in [1.807, 2.05) is 0 Å². The Morgan fingerprint density at radius 3 is 2.13 bits per heavy atom. The van der Waals surface area contributed by atoms with E-state index in [9.17, 15) is 22.0 Å². The second-order valence-corrected chi connectivity index (χ2v) is 2.39. The zero-order valence-corrected chi connectivity index (χ0v) is 6.90. The first kappa shape index (κ1) is 11.2. The topological polar surface area (TPSA) is 33.0 Å². The van der Waals surface area contributed by atoms with E-state index in [1.165, 1.54) is 0 Å². The lowest BCUT2D eigenvalue weighted by atomic mass is 10.2. The largest absolute Gasteiger partial charge is 0.573 e. The minimum atomic E-state index is -5.18. The molecule has 1 aromatic rings. The highest BCUT2D eigenvalue weighted by Gasteiger charge is 2.34. The molecule has 0 unspecified atom stereocenters. The van der Waals surface area contributed by atoms with E-state index in [1.54, 1.807) is 0 Å². The summed E-state index contributed by atoms with van der Waals surface area (Å²) >= 11 is 0. The van der Waals surface area contributed by atoms with Crippen LogP contribution in [0.5, 0.6) is 5.75 Å². The van der Waals surface area contributed by atoms with Gasteiger partial charge in [-0.3, -0.25) is 0 Å². The summed E-state index contributed by atoms with van der Waals surface area (Å²) in [7, 11) is 0. The molecule has 7 heteroatoms. The molecule has 0 N–H and O–H groups in total. The second kappa shape index (κ2) is 3.73. The molecule has 0 amide bonds. The summed E-state index contributed by atoms with van der Waals surface area (Å²) in [4.78, 5) is 0. The van der Waals surface area contributed by atoms with E-state index >= 15 is 0 Å². The molecule has 0 fully saturated rings. The van der Waals surface area contributed by atoms with E-state index in [0.717, 1.165) is 6.07 Å². The average molecular weight is 223 g/mol. The van der Waals surface area contributed by atoms with Crippen molar-refractivity contribution in [2.24, 2.45) is 0 Å². The number of ether oxygens (including phenoxy) is 1. The van der Waals surface area contributed by atoms with Crippen LogP contribution < -0.4 is 4.74 Å². The maximum absolute atomic E-state index is 12.8. The molecule has 0 bridgehead atoms. The van der Waals surface area contributed by atoms with Crippen molar-refractivity contribution in [1.29, 1.82) is 5.26 Å². The Kier molecular flexibility index (Phi) is 2.79. The first-order valence-corrected chi connectivity index (χ1v) is 3.49. The highest BCUT2D eigenvalue weighted by molar-refractivity contribution is 5.44. The van der Waals surface area contributed by atoms with E-state index < -0.39 is 29.3 Å². The molecule has 0 radical (unpaired) electrons. The molecular weight excluding hydrogens is 221 g/mol. The van der Waals surface area contributed by atoms with Crippen LogP contribution in [0.3, 0.4) is 0 Å². The van der Waals surface area contributed by atoms with Crippen molar-refractivity contribution < 1.29 is 26.7 Å². The summed E-state index contributed by atoms with van der Waals surface area (Å²) in [5.41, 5.74) is -1.12. The van der Waals surface area contributed by atoms with Crippen molar-refractivity contribution in [3.8, 4) is 11.8 Å². The third kappa shape index (κ3) is 2.56. The third-order valence-corrected chi connectivity index (χ3v) is 1.39. The fourth-order valence-electron chi connectivity index (χ4n) is 0.853. The fraction of sp³-hybridized carbons (Fsp3) is 0.125. The van der Waals surface area contributed by atoms with E-state index in [2.05, 4.69) is 4.74 Å². The van der Waals surface area contributed by atoms with Gasteiger partial charge < -0.3 is 4.74 Å². The average Bonchev–Trinajstić information content (AvgIpc) is 2.10. The maximum atomic E-state index is 12.8. The summed E-state index contributed by atoms with van der Waals surface area (Å²) in [6.45, 7) is 0. The van der Waals surface area contributed by atoms with Gasteiger partial charge in [0.2, 0.25) is 0 Å². The van der Waals surface area contributed by atoms with Crippen LogP contribution >= 0.6 is 0 Å². The van der Waals surface area contributed by atoms with Crippen molar-refractivity contribution in [2.45, 2.75) is 6.36 Å². The molecule has 1 rings (SSSR count). The molecule has 0 spiro atoms. The smallest absolute Gasteiger partial charge is 0.401 e. The monoisotopic (exact) mass is 223 g/mol. The third-order valence-electron chi connectivity index (χ3n) is 1.39. The lowest BCUT2D eigenvalue weighted by Crippen LogP contribution is -2.19. The van der Waals surface area contributed by atoms with E-state index in [4.69, 9.17) is 5.26 Å². The minimum absolute atomic E-state index is 0.442. The molecule has 2 nitrogen and oxygen atoms in total. The maximum Gasteiger partial charge on any atom is 0.573 e. The van der Waals surface area contributed by atoms with Gasteiger partial charge in [0, 0.05) is 0 Å². The summed E-state index contributed by atoms with van der Waals surface area (Å²) < 4.78 is 64.0. The Morgan fingerprint density at radius 1 is 1.13 bits per heavy atom. The number of benzene rings is 1. The van der Waals surface area contributed by atoms with Gasteiger partial charge in [-0.2, -0.15) is 5.26 Å². The summed E-state index contributed by atoms with van der Waals surface area (Å²) in [5.74, 6) is -4.19.